The van der Waals surface area contributed by atoms with E-state index in [9.17, 15) is 15.0 Å². The van der Waals surface area contributed by atoms with Crippen LogP contribution in [0.5, 0.6) is 23.0 Å². The lowest BCUT2D eigenvalue weighted by Gasteiger charge is -2.37. The van der Waals surface area contributed by atoms with E-state index in [0.717, 1.165) is 0 Å². The number of phenols is 2. The highest BCUT2D eigenvalue weighted by atomic mass is 32.1. The van der Waals surface area contributed by atoms with Gasteiger partial charge in [-0.2, -0.15) is 0 Å². The van der Waals surface area contributed by atoms with Gasteiger partial charge in [0.2, 0.25) is 0 Å². The highest BCUT2D eigenvalue weighted by Gasteiger charge is 2.54. The van der Waals surface area contributed by atoms with Crippen LogP contribution in [0.2, 0.25) is 0 Å². The summed E-state index contributed by atoms with van der Waals surface area (Å²) in [5.41, 5.74) is 0.795. The molecule has 27 heavy (non-hydrogen) atoms. The summed E-state index contributed by atoms with van der Waals surface area (Å²) in [7, 11) is 0. The SMILES string of the molecule is O=C1OC2(c3ccc(O)cc3Oc3cc(O)c(S)c(S)c32)c2ccccc21. The van der Waals surface area contributed by atoms with Crippen LogP contribution in [-0.4, -0.2) is 16.2 Å². The van der Waals surface area contributed by atoms with E-state index in [1.807, 2.05) is 12.1 Å². The van der Waals surface area contributed by atoms with Crippen molar-refractivity contribution >= 4 is 31.2 Å². The molecule has 0 radical (unpaired) electrons. The molecule has 0 saturated heterocycles. The first-order chi connectivity index (χ1) is 12.9. The van der Waals surface area contributed by atoms with Gasteiger partial charge in [-0.1, -0.05) is 18.2 Å². The lowest BCUT2D eigenvalue weighted by Crippen LogP contribution is -2.33. The van der Waals surface area contributed by atoms with Gasteiger partial charge >= 0.3 is 5.97 Å². The summed E-state index contributed by atoms with van der Waals surface area (Å²) in [5.74, 6) is 0.0208. The Balaban J connectivity index is 1.96. The number of fused-ring (bicyclic) bond motifs is 6. The molecule has 0 saturated carbocycles. The molecule has 0 fully saturated rings. The van der Waals surface area contributed by atoms with E-state index >= 15 is 0 Å². The van der Waals surface area contributed by atoms with Crippen LogP contribution < -0.4 is 4.74 Å². The van der Waals surface area contributed by atoms with Crippen molar-refractivity contribution in [2.45, 2.75) is 15.4 Å². The molecule has 1 atom stereocenters. The number of ether oxygens (including phenoxy) is 2. The van der Waals surface area contributed by atoms with Crippen LogP contribution >= 0.6 is 25.3 Å². The molecule has 0 aromatic heterocycles. The summed E-state index contributed by atoms with van der Waals surface area (Å²) in [4.78, 5) is 13.3. The lowest BCUT2D eigenvalue weighted by atomic mass is 9.77. The van der Waals surface area contributed by atoms with Gasteiger partial charge < -0.3 is 19.7 Å². The van der Waals surface area contributed by atoms with E-state index in [0.29, 0.717) is 32.9 Å². The zero-order chi connectivity index (χ0) is 18.9. The largest absolute Gasteiger partial charge is 0.508 e. The molecule has 1 unspecified atom stereocenters. The van der Waals surface area contributed by atoms with Crippen molar-refractivity contribution in [2.75, 3.05) is 0 Å². The minimum Gasteiger partial charge on any atom is -0.508 e. The summed E-state index contributed by atoms with van der Waals surface area (Å²) in [6, 6.07) is 13.1. The van der Waals surface area contributed by atoms with Gasteiger partial charge in [0.25, 0.3) is 0 Å². The standard InChI is InChI=1S/C20H12O5S2/c21-9-5-6-12-14(7-9)24-15-8-13(22)17(26)18(27)16(15)20(12)11-4-2-1-3-10(11)19(23)25-20/h1-8,21-22,26-27H. The molecule has 3 aromatic rings. The zero-order valence-corrected chi connectivity index (χ0v) is 15.4. The Hall–Kier alpha value is -2.77. The molecule has 5 rings (SSSR count). The van der Waals surface area contributed by atoms with Crippen molar-refractivity contribution in [2.24, 2.45) is 0 Å². The van der Waals surface area contributed by atoms with Gasteiger partial charge in [-0.25, -0.2) is 4.79 Å². The molecule has 2 aliphatic heterocycles. The number of thiol groups is 2. The molecule has 2 aliphatic rings. The van der Waals surface area contributed by atoms with Gasteiger partial charge in [0, 0.05) is 28.2 Å². The summed E-state index contributed by atoms with van der Waals surface area (Å²) >= 11 is 8.88. The highest BCUT2D eigenvalue weighted by Crippen LogP contribution is 2.59. The monoisotopic (exact) mass is 396 g/mol. The molecule has 7 heteroatoms. The van der Waals surface area contributed by atoms with Crippen LogP contribution in [0.1, 0.15) is 27.0 Å². The Morgan fingerprint density at radius 1 is 0.889 bits per heavy atom. The summed E-state index contributed by atoms with van der Waals surface area (Å²) < 4.78 is 11.9. The molecular weight excluding hydrogens is 384 g/mol. The van der Waals surface area contributed by atoms with Crippen LogP contribution in [0.25, 0.3) is 0 Å². The van der Waals surface area contributed by atoms with Crippen molar-refractivity contribution in [1.29, 1.82) is 0 Å². The first kappa shape index (κ1) is 16.4. The molecule has 0 aliphatic carbocycles. The van der Waals surface area contributed by atoms with E-state index in [-0.39, 0.29) is 22.1 Å². The predicted octanol–water partition coefficient (Wildman–Crippen LogP) is 4.24. The Bertz CT molecular complexity index is 1160. The minimum absolute atomic E-state index is 0.00564. The van der Waals surface area contributed by atoms with Crippen molar-refractivity contribution in [1.82, 2.24) is 0 Å². The van der Waals surface area contributed by atoms with Crippen LogP contribution in [0, 0.1) is 0 Å². The van der Waals surface area contributed by atoms with Gasteiger partial charge in [-0.15, -0.1) is 25.3 Å². The third-order valence-electron chi connectivity index (χ3n) is 4.91. The van der Waals surface area contributed by atoms with Crippen molar-refractivity contribution < 1.29 is 24.5 Å². The number of hydrogen-bond donors (Lipinski definition) is 4. The number of rotatable bonds is 0. The van der Waals surface area contributed by atoms with E-state index in [4.69, 9.17) is 9.47 Å². The highest BCUT2D eigenvalue weighted by molar-refractivity contribution is 7.83. The number of aromatic hydroxyl groups is 2. The Morgan fingerprint density at radius 3 is 2.48 bits per heavy atom. The van der Waals surface area contributed by atoms with Gasteiger partial charge in [0.15, 0.2) is 5.60 Å². The van der Waals surface area contributed by atoms with Gasteiger partial charge in [-0.05, 0) is 18.2 Å². The van der Waals surface area contributed by atoms with Crippen LogP contribution in [0.15, 0.2) is 58.3 Å². The molecule has 1 spiro atoms. The molecule has 2 heterocycles. The normalized spacial score (nSPS) is 19.1. The number of esters is 1. The molecule has 2 N–H and O–H groups in total. The van der Waals surface area contributed by atoms with E-state index in [1.54, 1.807) is 18.2 Å². The van der Waals surface area contributed by atoms with Gasteiger partial charge in [0.05, 0.1) is 16.0 Å². The van der Waals surface area contributed by atoms with E-state index in [2.05, 4.69) is 25.3 Å². The first-order valence-corrected chi connectivity index (χ1v) is 8.95. The zero-order valence-electron chi connectivity index (χ0n) is 13.6. The smallest absolute Gasteiger partial charge is 0.340 e. The average Bonchev–Trinajstić information content (AvgIpc) is 2.93. The van der Waals surface area contributed by atoms with Crippen molar-refractivity contribution in [3.8, 4) is 23.0 Å². The van der Waals surface area contributed by atoms with Crippen LogP contribution in [0.3, 0.4) is 0 Å². The number of hydrogen-bond acceptors (Lipinski definition) is 7. The van der Waals surface area contributed by atoms with E-state index in [1.165, 1.54) is 18.2 Å². The fraction of sp³-hybridized carbons (Fsp3) is 0.0500. The second kappa shape index (κ2) is 5.37. The minimum atomic E-state index is -1.31. The molecule has 0 amide bonds. The van der Waals surface area contributed by atoms with Crippen molar-refractivity contribution in [3.05, 3.63) is 70.8 Å². The molecule has 134 valence electrons. The summed E-state index contributed by atoms with van der Waals surface area (Å²) in [6.07, 6.45) is 0. The average molecular weight is 396 g/mol. The molecule has 3 aromatic carbocycles. The summed E-state index contributed by atoms with van der Waals surface area (Å²) in [5, 5.41) is 20.1. The predicted molar refractivity (Wildman–Crippen MR) is 103 cm³/mol. The number of carbonyl (C=O) groups is 1. The third-order valence-corrected chi connectivity index (χ3v) is 5.98. The number of phenolic OH excluding ortho intramolecular Hbond substituents is 2. The van der Waals surface area contributed by atoms with Crippen LogP contribution in [-0.2, 0) is 10.3 Å². The fourth-order valence-electron chi connectivity index (χ4n) is 3.78. The second-order valence-corrected chi connectivity index (χ2v) is 7.26. The molecule has 5 nitrogen and oxygen atoms in total. The molecular formula is C20H12O5S2. The Labute approximate surface area is 165 Å². The quantitative estimate of drug-likeness (QED) is 0.338. The van der Waals surface area contributed by atoms with Crippen molar-refractivity contribution in [3.63, 3.8) is 0 Å². The topological polar surface area (TPSA) is 76.0 Å². The maximum absolute atomic E-state index is 12.7. The lowest BCUT2D eigenvalue weighted by molar-refractivity contribution is 0.0214. The summed E-state index contributed by atoms with van der Waals surface area (Å²) in [6.45, 7) is 0. The van der Waals surface area contributed by atoms with Gasteiger partial charge in [0.1, 0.15) is 23.0 Å². The first-order valence-electron chi connectivity index (χ1n) is 8.06. The molecule has 0 bridgehead atoms. The van der Waals surface area contributed by atoms with Crippen LogP contribution in [0.4, 0.5) is 0 Å². The van der Waals surface area contributed by atoms with E-state index < -0.39 is 11.6 Å². The Kier molecular flexibility index (Phi) is 3.26. The third kappa shape index (κ3) is 2.01. The number of benzene rings is 3. The fourth-order valence-corrected chi connectivity index (χ4v) is 4.34. The number of carbonyl (C=O) groups excluding carboxylic acids is 1. The maximum Gasteiger partial charge on any atom is 0.340 e. The van der Waals surface area contributed by atoms with Gasteiger partial charge in [-0.3, -0.25) is 0 Å². The Morgan fingerprint density at radius 2 is 1.67 bits per heavy atom. The second-order valence-electron chi connectivity index (χ2n) is 6.36. The maximum atomic E-state index is 12.7.